The Kier molecular flexibility index (Phi) is 3.99. The summed E-state index contributed by atoms with van der Waals surface area (Å²) in [6, 6.07) is 3.97. The third-order valence-electron chi connectivity index (χ3n) is 3.96. The van der Waals surface area contributed by atoms with E-state index in [0.717, 1.165) is 32.0 Å². The van der Waals surface area contributed by atoms with Gasteiger partial charge in [-0.2, -0.15) is 0 Å². The summed E-state index contributed by atoms with van der Waals surface area (Å²) in [5, 5.41) is 0. The van der Waals surface area contributed by atoms with Crippen molar-refractivity contribution in [2.24, 2.45) is 0 Å². The topological polar surface area (TPSA) is 20.3 Å². The first-order valence-electron chi connectivity index (χ1n) is 6.64. The minimum absolute atomic E-state index is 0.0624. The van der Waals surface area contributed by atoms with Crippen LogP contribution in [0.4, 0.5) is 8.78 Å². The van der Waals surface area contributed by atoms with Crippen molar-refractivity contribution in [2.75, 3.05) is 13.1 Å². The van der Waals surface area contributed by atoms with Crippen LogP contribution in [0.2, 0.25) is 0 Å². The summed E-state index contributed by atoms with van der Waals surface area (Å²) in [5.74, 6) is -1.88. The largest absolute Gasteiger partial charge is 0.297 e. The molecule has 4 heteroatoms. The van der Waals surface area contributed by atoms with Gasteiger partial charge in [-0.05, 0) is 51.4 Å². The highest BCUT2D eigenvalue weighted by Crippen LogP contribution is 2.24. The molecule has 0 N–H and O–H groups in total. The van der Waals surface area contributed by atoms with Gasteiger partial charge in [0.15, 0.2) is 17.4 Å². The lowest BCUT2D eigenvalue weighted by atomic mass is 9.92. The van der Waals surface area contributed by atoms with Gasteiger partial charge in [0.05, 0.1) is 5.54 Å². The van der Waals surface area contributed by atoms with Crippen molar-refractivity contribution in [3.8, 4) is 0 Å². The van der Waals surface area contributed by atoms with Crippen molar-refractivity contribution >= 4 is 5.78 Å². The fourth-order valence-electron chi connectivity index (χ4n) is 2.53. The van der Waals surface area contributed by atoms with Gasteiger partial charge in [0.2, 0.25) is 0 Å². The SMILES string of the molecule is CC(C)(C(=O)Cc1cccc(F)c1F)N1CCCC1. The number of hydrogen-bond acceptors (Lipinski definition) is 2. The number of ketones is 1. The highest BCUT2D eigenvalue weighted by Gasteiger charge is 2.35. The molecule has 0 atom stereocenters. The standard InChI is InChI=1S/C15H19F2NO/c1-15(2,18-8-3-4-9-18)13(19)10-11-6-5-7-12(16)14(11)17/h5-7H,3-4,8-10H2,1-2H3. The Bertz CT molecular complexity index is 479. The maximum absolute atomic E-state index is 13.6. The van der Waals surface area contributed by atoms with E-state index in [-0.39, 0.29) is 17.8 Å². The summed E-state index contributed by atoms with van der Waals surface area (Å²) < 4.78 is 26.7. The predicted octanol–water partition coefficient (Wildman–Crippen LogP) is 2.95. The lowest BCUT2D eigenvalue weighted by Crippen LogP contribution is -2.49. The number of halogens is 2. The fourth-order valence-corrected chi connectivity index (χ4v) is 2.53. The molecule has 0 bridgehead atoms. The van der Waals surface area contributed by atoms with Crippen LogP contribution >= 0.6 is 0 Å². The average Bonchev–Trinajstić information content (AvgIpc) is 2.89. The number of hydrogen-bond donors (Lipinski definition) is 0. The summed E-state index contributed by atoms with van der Waals surface area (Å²) in [4.78, 5) is 14.5. The number of Topliss-reactive ketones (excluding diaryl/α,β-unsaturated/α-hetero) is 1. The third-order valence-corrected chi connectivity index (χ3v) is 3.96. The molecule has 0 saturated carbocycles. The minimum atomic E-state index is -0.909. The molecule has 1 aromatic rings. The summed E-state index contributed by atoms with van der Waals surface area (Å²) >= 11 is 0. The molecule has 0 amide bonds. The Morgan fingerprint density at radius 2 is 1.89 bits per heavy atom. The molecule has 1 fully saturated rings. The zero-order valence-electron chi connectivity index (χ0n) is 11.4. The van der Waals surface area contributed by atoms with Gasteiger partial charge in [-0.25, -0.2) is 8.78 Å². The fraction of sp³-hybridized carbons (Fsp3) is 0.533. The Balaban J connectivity index is 2.14. The number of benzene rings is 1. The molecule has 104 valence electrons. The molecular weight excluding hydrogens is 248 g/mol. The molecule has 19 heavy (non-hydrogen) atoms. The van der Waals surface area contributed by atoms with Crippen molar-refractivity contribution in [1.29, 1.82) is 0 Å². The number of carbonyl (C=O) groups excluding carboxylic acids is 1. The van der Waals surface area contributed by atoms with E-state index in [2.05, 4.69) is 4.90 Å². The molecule has 2 nitrogen and oxygen atoms in total. The van der Waals surface area contributed by atoms with E-state index < -0.39 is 17.2 Å². The van der Waals surface area contributed by atoms with Crippen molar-refractivity contribution < 1.29 is 13.6 Å². The van der Waals surface area contributed by atoms with E-state index in [1.807, 2.05) is 13.8 Å². The molecule has 1 aliphatic rings. The molecule has 2 rings (SSSR count). The van der Waals surface area contributed by atoms with Gasteiger partial charge in [-0.3, -0.25) is 9.69 Å². The van der Waals surface area contributed by atoms with E-state index in [9.17, 15) is 13.6 Å². The molecule has 0 spiro atoms. The van der Waals surface area contributed by atoms with E-state index in [0.29, 0.717) is 0 Å². The van der Waals surface area contributed by atoms with Crippen molar-refractivity contribution in [2.45, 2.75) is 38.6 Å². The lowest BCUT2D eigenvalue weighted by Gasteiger charge is -2.34. The van der Waals surface area contributed by atoms with E-state index in [1.54, 1.807) is 0 Å². The third kappa shape index (κ3) is 2.84. The van der Waals surface area contributed by atoms with E-state index in [1.165, 1.54) is 12.1 Å². The molecule has 1 aliphatic heterocycles. The normalized spacial score (nSPS) is 16.8. The Labute approximate surface area is 112 Å². The molecule has 1 heterocycles. The smallest absolute Gasteiger partial charge is 0.162 e. The van der Waals surface area contributed by atoms with Crippen LogP contribution in [0.15, 0.2) is 18.2 Å². The molecule has 1 aromatic carbocycles. The Hall–Kier alpha value is -1.29. The number of carbonyl (C=O) groups is 1. The van der Waals surface area contributed by atoms with Gasteiger partial charge < -0.3 is 0 Å². The van der Waals surface area contributed by atoms with Gasteiger partial charge in [-0.15, -0.1) is 0 Å². The molecule has 0 aromatic heterocycles. The zero-order chi connectivity index (χ0) is 14.0. The molecule has 0 radical (unpaired) electrons. The van der Waals surface area contributed by atoms with Crippen LogP contribution in [0.1, 0.15) is 32.3 Å². The van der Waals surface area contributed by atoms with Crippen LogP contribution in [-0.2, 0) is 11.2 Å². The zero-order valence-corrected chi connectivity index (χ0v) is 11.4. The first kappa shape index (κ1) is 14.1. The summed E-state index contributed by atoms with van der Waals surface area (Å²) in [7, 11) is 0. The van der Waals surface area contributed by atoms with Gasteiger partial charge in [0.1, 0.15) is 0 Å². The quantitative estimate of drug-likeness (QED) is 0.836. The van der Waals surface area contributed by atoms with Gasteiger partial charge in [0.25, 0.3) is 0 Å². The van der Waals surface area contributed by atoms with Crippen LogP contribution in [0, 0.1) is 11.6 Å². The van der Waals surface area contributed by atoms with Crippen LogP contribution in [0.25, 0.3) is 0 Å². The Morgan fingerprint density at radius 3 is 2.53 bits per heavy atom. The second-order valence-electron chi connectivity index (χ2n) is 5.57. The Morgan fingerprint density at radius 1 is 1.26 bits per heavy atom. The summed E-state index contributed by atoms with van der Waals surface area (Å²) in [5.41, 5.74) is -0.479. The van der Waals surface area contributed by atoms with Crippen LogP contribution in [-0.4, -0.2) is 29.3 Å². The average molecular weight is 267 g/mol. The van der Waals surface area contributed by atoms with Crippen molar-refractivity contribution in [3.05, 3.63) is 35.4 Å². The van der Waals surface area contributed by atoms with Crippen LogP contribution < -0.4 is 0 Å². The van der Waals surface area contributed by atoms with Gasteiger partial charge in [0, 0.05) is 6.42 Å². The highest BCUT2D eigenvalue weighted by molar-refractivity contribution is 5.89. The molecular formula is C15H19F2NO. The maximum atomic E-state index is 13.6. The lowest BCUT2D eigenvalue weighted by molar-refractivity contribution is -0.128. The molecule has 0 aliphatic carbocycles. The summed E-state index contributed by atoms with van der Waals surface area (Å²) in [6.07, 6.45) is 2.11. The number of nitrogens with zero attached hydrogens (tertiary/aromatic N) is 1. The number of likely N-dealkylation sites (tertiary alicyclic amines) is 1. The molecule has 0 unspecified atom stereocenters. The molecule has 1 saturated heterocycles. The van der Waals surface area contributed by atoms with Gasteiger partial charge >= 0.3 is 0 Å². The summed E-state index contributed by atoms with van der Waals surface area (Å²) in [6.45, 7) is 5.50. The predicted molar refractivity (Wildman–Crippen MR) is 70.0 cm³/mol. The van der Waals surface area contributed by atoms with Crippen molar-refractivity contribution in [1.82, 2.24) is 4.90 Å². The van der Waals surface area contributed by atoms with E-state index >= 15 is 0 Å². The van der Waals surface area contributed by atoms with Crippen LogP contribution in [0.3, 0.4) is 0 Å². The van der Waals surface area contributed by atoms with Crippen molar-refractivity contribution in [3.63, 3.8) is 0 Å². The monoisotopic (exact) mass is 267 g/mol. The van der Waals surface area contributed by atoms with Gasteiger partial charge in [-0.1, -0.05) is 12.1 Å². The van der Waals surface area contributed by atoms with Crippen LogP contribution in [0.5, 0.6) is 0 Å². The second-order valence-corrected chi connectivity index (χ2v) is 5.57. The maximum Gasteiger partial charge on any atom is 0.162 e. The van der Waals surface area contributed by atoms with E-state index in [4.69, 9.17) is 0 Å². The highest BCUT2D eigenvalue weighted by atomic mass is 19.2. The second kappa shape index (κ2) is 5.37. The first-order chi connectivity index (χ1) is 8.93. The minimum Gasteiger partial charge on any atom is -0.297 e. The number of rotatable bonds is 4. The first-order valence-corrected chi connectivity index (χ1v) is 6.64.